The first kappa shape index (κ1) is 28.8. The van der Waals surface area contributed by atoms with Crippen molar-refractivity contribution in [2.75, 3.05) is 29.3 Å². The van der Waals surface area contributed by atoms with E-state index in [1.807, 2.05) is 26.0 Å². The number of rotatable bonds is 9. The number of aryl methyl sites for hydroxylation is 2. The zero-order valence-electron chi connectivity index (χ0n) is 22.3. The summed E-state index contributed by atoms with van der Waals surface area (Å²) in [6.07, 6.45) is 4.32. The van der Waals surface area contributed by atoms with Gasteiger partial charge in [0.2, 0.25) is 15.9 Å². The number of carbonyl (C=O) groups is 1. The van der Waals surface area contributed by atoms with Gasteiger partial charge in [0.1, 0.15) is 6.54 Å². The lowest BCUT2D eigenvalue weighted by atomic mass is 10.1. The Hall–Kier alpha value is -3.21. The van der Waals surface area contributed by atoms with Gasteiger partial charge in [-0.3, -0.25) is 9.10 Å². The van der Waals surface area contributed by atoms with Crippen molar-refractivity contribution < 1.29 is 21.6 Å². The summed E-state index contributed by atoms with van der Waals surface area (Å²) in [5.74, 6) is -0.542. The first-order valence-electron chi connectivity index (χ1n) is 13.2. The van der Waals surface area contributed by atoms with Gasteiger partial charge >= 0.3 is 0 Å². The maximum Gasteiger partial charge on any atom is 0.264 e. The lowest BCUT2D eigenvalue weighted by Gasteiger charge is -2.26. The van der Waals surface area contributed by atoms with Crippen LogP contribution in [0.25, 0.3) is 0 Å². The Morgan fingerprint density at radius 2 is 1.41 bits per heavy atom. The second kappa shape index (κ2) is 12.3. The van der Waals surface area contributed by atoms with Crippen molar-refractivity contribution in [2.45, 2.75) is 55.7 Å². The molecule has 0 radical (unpaired) electrons. The molecule has 0 unspecified atom stereocenters. The molecule has 1 aliphatic rings. The first-order valence-corrected chi connectivity index (χ1v) is 16.1. The van der Waals surface area contributed by atoms with E-state index < -0.39 is 32.5 Å². The minimum Gasteiger partial charge on any atom is -0.325 e. The molecule has 4 rings (SSSR count). The Morgan fingerprint density at radius 3 is 2.03 bits per heavy atom. The Balaban J connectivity index is 1.56. The third-order valence-corrected chi connectivity index (χ3v) is 10.6. The normalized spacial score (nSPS) is 14.9. The molecule has 3 aromatic rings. The molecule has 1 aliphatic heterocycles. The van der Waals surface area contributed by atoms with Crippen LogP contribution in [0.5, 0.6) is 0 Å². The molecule has 0 bridgehead atoms. The van der Waals surface area contributed by atoms with Crippen molar-refractivity contribution in [3.8, 4) is 0 Å². The summed E-state index contributed by atoms with van der Waals surface area (Å²) < 4.78 is 56.2. The van der Waals surface area contributed by atoms with Gasteiger partial charge in [-0.2, -0.15) is 4.31 Å². The molecule has 0 spiro atoms. The Bertz CT molecular complexity index is 1500. The van der Waals surface area contributed by atoms with E-state index in [9.17, 15) is 21.6 Å². The van der Waals surface area contributed by atoms with Crippen LogP contribution in [0.3, 0.4) is 0 Å². The molecule has 10 heteroatoms. The van der Waals surface area contributed by atoms with E-state index >= 15 is 0 Å². The fraction of sp³-hybridized carbons (Fsp3) is 0.345. The molecule has 8 nitrogen and oxygen atoms in total. The number of nitrogens with zero attached hydrogens (tertiary/aromatic N) is 2. The maximum absolute atomic E-state index is 13.7. The minimum absolute atomic E-state index is 0.0925. The van der Waals surface area contributed by atoms with E-state index in [1.165, 1.54) is 40.7 Å². The smallest absolute Gasteiger partial charge is 0.264 e. The summed E-state index contributed by atoms with van der Waals surface area (Å²) in [7, 11) is -7.66. The zero-order chi connectivity index (χ0) is 28.0. The maximum atomic E-state index is 13.7. The SMILES string of the molecule is CCc1ccccc1N(CC(=O)Nc1ccc(S(=O)(=O)N2CCCCCC2)cc1)S(=O)(=O)c1ccc(C)cc1. The predicted molar refractivity (Wildman–Crippen MR) is 154 cm³/mol. The predicted octanol–water partition coefficient (Wildman–Crippen LogP) is 4.96. The standard InChI is InChI=1S/C29H35N3O5S2/c1-3-24-10-6-7-11-28(24)32(39(36,37)27-16-12-23(2)13-17-27)22-29(33)30-25-14-18-26(19-15-25)38(34,35)31-20-8-4-5-9-21-31/h6-7,10-19H,3-5,8-9,20-22H2,1-2H3,(H,30,33). The van der Waals surface area contributed by atoms with E-state index in [0.717, 1.165) is 41.1 Å². The molecule has 208 valence electrons. The summed E-state index contributed by atoms with van der Waals surface area (Å²) in [6.45, 7) is 4.37. The largest absolute Gasteiger partial charge is 0.325 e. The van der Waals surface area contributed by atoms with Gasteiger partial charge in [-0.25, -0.2) is 16.8 Å². The molecule has 0 aromatic heterocycles. The summed E-state index contributed by atoms with van der Waals surface area (Å²) in [6, 6.07) is 19.6. The number of hydrogen-bond donors (Lipinski definition) is 1. The highest BCUT2D eigenvalue weighted by atomic mass is 32.2. The third-order valence-electron chi connectivity index (χ3n) is 6.88. The second-order valence-electron chi connectivity index (χ2n) is 9.70. The monoisotopic (exact) mass is 569 g/mol. The van der Waals surface area contributed by atoms with Gasteiger partial charge in [-0.05, 0) is 74.2 Å². The summed E-state index contributed by atoms with van der Waals surface area (Å²) in [5, 5.41) is 2.73. The zero-order valence-corrected chi connectivity index (χ0v) is 24.0. The molecule has 1 N–H and O–H groups in total. The molecule has 1 amide bonds. The van der Waals surface area contributed by atoms with Crippen LogP contribution in [0.2, 0.25) is 0 Å². The van der Waals surface area contributed by atoms with Crippen molar-refractivity contribution in [2.24, 2.45) is 0 Å². The second-order valence-corrected chi connectivity index (χ2v) is 13.5. The number of hydrogen-bond acceptors (Lipinski definition) is 5. The van der Waals surface area contributed by atoms with E-state index in [4.69, 9.17) is 0 Å². The van der Waals surface area contributed by atoms with Crippen LogP contribution in [0, 0.1) is 6.92 Å². The van der Waals surface area contributed by atoms with Crippen LogP contribution in [0.15, 0.2) is 82.6 Å². The van der Waals surface area contributed by atoms with Crippen molar-refractivity contribution in [1.29, 1.82) is 0 Å². The van der Waals surface area contributed by atoms with Crippen molar-refractivity contribution in [1.82, 2.24) is 4.31 Å². The number of para-hydroxylation sites is 1. The average molecular weight is 570 g/mol. The van der Waals surface area contributed by atoms with Gasteiger partial charge in [0.25, 0.3) is 10.0 Å². The quantitative estimate of drug-likeness (QED) is 0.393. The van der Waals surface area contributed by atoms with Gasteiger partial charge in [-0.1, -0.05) is 55.7 Å². The number of carbonyl (C=O) groups excluding carboxylic acids is 1. The Morgan fingerprint density at radius 1 is 0.821 bits per heavy atom. The molecule has 39 heavy (non-hydrogen) atoms. The van der Waals surface area contributed by atoms with Gasteiger partial charge in [0.15, 0.2) is 0 Å². The molecule has 0 atom stereocenters. The van der Waals surface area contributed by atoms with Gasteiger partial charge in [0, 0.05) is 18.8 Å². The van der Waals surface area contributed by atoms with Crippen LogP contribution in [-0.2, 0) is 31.3 Å². The van der Waals surface area contributed by atoms with Crippen LogP contribution < -0.4 is 9.62 Å². The van der Waals surface area contributed by atoms with Gasteiger partial charge in [-0.15, -0.1) is 0 Å². The van der Waals surface area contributed by atoms with Crippen LogP contribution in [-0.4, -0.2) is 46.7 Å². The summed E-state index contributed by atoms with van der Waals surface area (Å²) >= 11 is 0. The number of sulfonamides is 2. The highest BCUT2D eigenvalue weighted by Crippen LogP contribution is 2.28. The highest BCUT2D eigenvalue weighted by Gasteiger charge is 2.29. The van der Waals surface area contributed by atoms with Crippen LogP contribution in [0.1, 0.15) is 43.7 Å². The molecule has 3 aromatic carbocycles. The summed E-state index contributed by atoms with van der Waals surface area (Å²) in [4.78, 5) is 13.4. The Labute approximate surface area is 231 Å². The third kappa shape index (κ3) is 6.69. The molecular weight excluding hydrogens is 534 g/mol. The van der Waals surface area contributed by atoms with Crippen LogP contribution >= 0.6 is 0 Å². The topological polar surface area (TPSA) is 104 Å². The van der Waals surface area contributed by atoms with Gasteiger partial charge in [0.05, 0.1) is 15.5 Å². The van der Waals surface area contributed by atoms with E-state index in [-0.39, 0.29) is 9.79 Å². The minimum atomic E-state index is -4.04. The number of anilines is 2. The molecule has 0 saturated carbocycles. The molecule has 1 saturated heterocycles. The van der Waals surface area contributed by atoms with Crippen molar-refractivity contribution in [3.05, 3.63) is 83.9 Å². The number of amides is 1. The molecule has 1 heterocycles. The highest BCUT2D eigenvalue weighted by molar-refractivity contribution is 7.92. The number of benzene rings is 3. The Kier molecular flexibility index (Phi) is 9.09. The van der Waals surface area contributed by atoms with E-state index in [0.29, 0.717) is 30.9 Å². The van der Waals surface area contributed by atoms with Crippen molar-refractivity contribution in [3.63, 3.8) is 0 Å². The van der Waals surface area contributed by atoms with Gasteiger partial charge < -0.3 is 5.32 Å². The van der Waals surface area contributed by atoms with E-state index in [2.05, 4.69) is 5.32 Å². The number of nitrogens with one attached hydrogen (secondary N) is 1. The van der Waals surface area contributed by atoms with Crippen molar-refractivity contribution >= 4 is 37.3 Å². The lowest BCUT2D eigenvalue weighted by molar-refractivity contribution is -0.114. The fourth-order valence-corrected chi connectivity index (χ4v) is 7.64. The van der Waals surface area contributed by atoms with Crippen LogP contribution in [0.4, 0.5) is 11.4 Å². The first-order chi connectivity index (χ1) is 18.6. The average Bonchev–Trinajstić information content (AvgIpc) is 3.23. The molecular formula is C29H35N3O5S2. The lowest BCUT2D eigenvalue weighted by Crippen LogP contribution is -2.38. The molecule has 1 fully saturated rings. The molecule has 0 aliphatic carbocycles. The summed E-state index contributed by atoms with van der Waals surface area (Å²) in [5.41, 5.74) is 2.54. The van der Waals surface area contributed by atoms with E-state index in [1.54, 1.807) is 24.3 Å². The fourth-order valence-electron chi connectivity index (χ4n) is 4.66.